The lowest BCUT2D eigenvalue weighted by Gasteiger charge is -2.21. The summed E-state index contributed by atoms with van der Waals surface area (Å²) in [6.07, 6.45) is -2.70. The molecular formula is C10H9ClF2N2O4. The van der Waals surface area contributed by atoms with Crippen LogP contribution in [0.4, 0.5) is 20.2 Å². The molecule has 0 fully saturated rings. The predicted molar refractivity (Wildman–Crippen MR) is 64.3 cm³/mol. The molecule has 0 unspecified atom stereocenters. The highest BCUT2D eigenvalue weighted by molar-refractivity contribution is 6.34. The Morgan fingerprint density at radius 3 is 2.58 bits per heavy atom. The number of alkyl halides is 2. The Morgan fingerprint density at radius 2 is 2.16 bits per heavy atom. The van der Waals surface area contributed by atoms with Crippen LogP contribution in [0.2, 0.25) is 5.02 Å². The van der Waals surface area contributed by atoms with E-state index in [1.54, 1.807) is 0 Å². The molecular weight excluding hydrogens is 286 g/mol. The molecule has 0 heterocycles. The molecule has 0 radical (unpaired) electrons. The van der Waals surface area contributed by atoms with Crippen LogP contribution in [-0.2, 0) is 0 Å². The van der Waals surface area contributed by atoms with E-state index in [0.29, 0.717) is 0 Å². The minimum atomic E-state index is -2.70. The minimum Gasteiger partial charge on any atom is -0.478 e. The Morgan fingerprint density at radius 1 is 1.58 bits per heavy atom. The van der Waals surface area contributed by atoms with Crippen molar-refractivity contribution in [2.45, 2.75) is 6.43 Å². The molecule has 0 aromatic heterocycles. The summed E-state index contributed by atoms with van der Waals surface area (Å²) in [6.45, 7) is -0.738. The van der Waals surface area contributed by atoms with Gasteiger partial charge in [-0.1, -0.05) is 11.6 Å². The topological polar surface area (TPSA) is 83.7 Å². The Bertz CT molecular complexity index is 524. The average molecular weight is 295 g/mol. The second kappa shape index (κ2) is 5.79. The Balaban J connectivity index is 3.37. The smallest absolute Gasteiger partial charge is 0.338 e. The predicted octanol–water partition coefficient (Wildman–Crippen LogP) is 2.65. The fourth-order valence-electron chi connectivity index (χ4n) is 1.54. The lowest BCUT2D eigenvalue weighted by Crippen LogP contribution is -2.26. The fraction of sp³-hybridized carbons (Fsp3) is 0.300. The van der Waals surface area contributed by atoms with Crippen molar-refractivity contribution in [1.29, 1.82) is 0 Å². The Hall–Kier alpha value is -1.96. The first-order valence-electron chi connectivity index (χ1n) is 4.94. The van der Waals surface area contributed by atoms with Crippen LogP contribution in [0.1, 0.15) is 10.4 Å². The van der Waals surface area contributed by atoms with E-state index in [9.17, 15) is 23.7 Å². The molecule has 0 amide bonds. The van der Waals surface area contributed by atoms with Gasteiger partial charge in [0.05, 0.1) is 27.7 Å². The maximum atomic E-state index is 12.3. The second-order valence-electron chi connectivity index (χ2n) is 3.66. The van der Waals surface area contributed by atoms with Gasteiger partial charge in [0, 0.05) is 19.2 Å². The van der Waals surface area contributed by atoms with Crippen LogP contribution in [0, 0.1) is 10.1 Å². The van der Waals surface area contributed by atoms with Gasteiger partial charge < -0.3 is 10.0 Å². The van der Waals surface area contributed by atoms with Gasteiger partial charge >= 0.3 is 5.97 Å². The van der Waals surface area contributed by atoms with Gasteiger partial charge in [0.1, 0.15) is 0 Å². The van der Waals surface area contributed by atoms with E-state index in [2.05, 4.69) is 0 Å². The zero-order valence-electron chi connectivity index (χ0n) is 9.64. The highest BCUT2D eigenvalue weighted by Gasteiger charge is 2.23. The SMILES string of the molecule is CN(CC(F)F)c1c(Cl)cc([N+](=O)[O-])cc1C(=O)O. The summed E-state index contributed by atoms with van der Waals surface area (Å²) in [4.78, 5) is 21.8. The maximum absolute atomic E-state index is 12.3. The largest absolute Gasteiger partial charge is 0.478 e. The monoisotopic (exact) mass is 294 g/mol. The molecule has 1 aromatic rings. The van der Waals surface area contributed by atoms with Crippen LogP contribution < -0.4 is 4.90 Å². The number of carbonyl (C=O) groups is 1. The summed E-state index contributed by atoms with van der Waals surface area (Å²) in [5.41, 5.74) is -1.20. The van der Waals surface area contributed by atoms with Crippen molar-refractivity contribution in [2.24, 2.45) is 0 Å². The first-order chi connectivity index (χ1) is 8.73. The molecule has 0 aliphatic carbocycles. The van der Waals surface area contributed by atoms with Gasteiger partial charge in [0.2, 0.25) is 0 Å². The standard InChI is InChI=1S/C10H9ClF2N2O4/c1-14(4-8(12)13)9-6(10(16)17)2-5(15(18)19)3-7(9)11/h2-3,8H,4H2,1H3,(H,16,17). The molecule has 19 heavy (non-hydrogen) atoms. The number of hydrogen-bond acceptors (Lipinski definition) is 4. The van der Waals surface area contributed by atoms with Gasteiger partial charge in [-0.3, -0.25) is 10.1 Å². The van der Waals surface area contributed by atoms with Gasteiger partial charge in [-0.05, 0) is 0 Å². The maximum Gasteiger partial charge on any atom is 0.338 e. The molecule has 0 atom stereocenters. The Labute approximate surface area is 111 Å². The van der Waals surface area contributed by atoms with Crippen LogP contribution in [0.3, 0.4) is 0 Å². The average Bonchev–Trinajstić information content (AvgIpc) is 2.26. The van der Waals surface area contributed by atoms with Crippen molar-refractivity contribution < 1.29 is 23.6 Å². The molecule has 0 saturated carbocycles. The minimum absolute atomic E-state index is 0.180. The number of benzene rings is 1. The number of nitro benzene ring substituents is 1. The number of hydrogen-bond donors (Lipinski definition) is 1. The van der Waals surface area contributed by atoms with Crippen molar-refractivity contribution in [3.8, 4) is 0 Å². The van der Waals surface area contributed by atoms with E-state index < -0.39 is 35.1 Å². The second-order valence-corrected chi connectivity index (χ2v) is 4.06. The number of rotatable bonds is 5. The summed E-state index contributed by atoms with van der Waals surface area (Å²) >= 11 is 5.75. The number of nitrogens with zero attached hydrogens (tertiary/aromatic N) is 2. The number of nitro groups is 1. The molecule has 0 saturated heterocycles. The number of anilines is 1. The first kappa shape index (κ1) is 15.1. The van der Waals surface area contributed by atoms with Crippen LogP contribution >= 0.6 is 11.6 Å². The molecule has 104 valence electrons. The highest BCUT2D eigenvalue weighted by Crippen LogP contribution is 2.34. The molecule has 9 heteroatoms. The quantitative estimate of drug-likeness (QED) is 0.666. The van der Waals surface area contributed by atoms with Crippen LogP contribution in [0.25, 0.3) is 0 Å². The third-order valence-corrected chi connectivity index (χ3v) is 2.57. The molecule has 0 spiro atoms. The van der Waals surface area contributed by atoms with E-state index in [1.807, 2.05) is 0 Å². The van der Waals surface area contributed by atoms with Crippen LogP contribution in [-0.4, -0.2) is 36.0 Å². The van der Waals surface area contributed by atoms with Crippen LogP contribution in [0.15, 0.2) is 12.1 Å². The van der Waals surface area contributed by atoms with E-state index in [-0.39, 0.29) is 10.7 Å². The lowest BCUT2D eigenvalue weighted by molar-refractivity contribution is -0.384. The normalized spacial score (nSPS) is 10.6. The number of aromatic carboxylic acids is 1. The first-order valence-corrected chi connectivity index (χ1v) is 5.32. The molecule has 0 bridgehead atoms. The molecule has 1 N–H and O–H groups in total. The van der Waals surface area contributed by atoms with Gasteiger partial charge in [-0.25, -0.2) is 13.6 Å². The molecule has 0 aliphatic heterocycles. The zero-order valence-corrected chi connectivity index (χ0v) is 10.4. The third kappa shape index (κ3) is 3.50. The fourth-order valence-corrected chi connectivity index (χ4v) is 1.90. The third-order valence-electron chi connectivity index (χ3n) is 2.28. The van der Waals surface area contributed by atoms with Gasteiger partial charge in [-0.15, -0.1) is 0 Å². The number of non-ortho nitro benzene ring substituents is 1. The Kier molecular flexibility index (Phi) is 4.60. The summed E-state index contributed by atoms with van der Waals surface area (Å²) in [7, 11) is 1.23. The van der Waals surface area contributed by atoms with Crippen molar-refractivity contribution in [1.82, 2.24) is 0 Å². The van der Waals surface area contributed by atoms with Gasteiger partial charge in [0.15, 0.2) is 0 Å². The van der Waals surface area contributed by atoms with Gasteiger partial charge in [-0.2, -0.15) is 0 Å². The van der Waals surface area contributed by atoms with Crippen molar-refractivity contribution >= 4 is 28.9 Å². The van der Waals surface area contributed by atoms with Crippen LogP contribution in [0.5, 0.6) is 0 Å². The summed E-state index contributed by atoms with van der Waals surface area (Å²) < 4.78 is 24.6. The van der Waals surface area contributed by atoms with E-state index >= 15 is 0 Å². The number of carboxylic acids is 1. The number of halogens is 3. The summed E-state index contributed by atoms with van der Waals surface area (Å²) in [5, 5.41) is 19.3. The van der Waals surface area contributed by atoms with Crippen molar-refractivity contribution in [3.63, 3.8) is 0 Å². The van der Waals surface area contributed by atoms with Gasteiger partial charge in [0.25, 0.3) is 12.1 Å². The zero-order chi connectivity index (χ0) is 14.7. The van der Waals surface area contributed by atoms with E-state index in [0.717, 1.165) is 17.0 Å². The van der Waals surface area contributed by atoms with Crippen molar-refractivity contribution in [2.75, 3.05) is 18.5 Å². The molecule has 0 aliphatic rings. The van der Waals surface area contributed by atoms with E-state index in [4.69, 9.17) is 16.7 Å². The highest BCUT2D eigenvalue weighted by atomic mass is 35.5. The van der Waals surface area contributed by atoms with E-state index in [1.165, 1.54) is 7.05 Å². The van der Waals surface area contributed by atoms with Crippen molar-refractivity contribution in [3.05, 3.63) is 32.8 Å². The lowest BCUT2D eigenvalue weighted by atomic mass is 10.1. The molecule has 1 rings (SSSR count). The summed E-state index contributed by atoms with van der Waals surface area (Å²) in [6, 6.07) is 1.71. The molecule has 6 nitrogen and oxygen atoms in total. The summed E-state index contributed by atoms with van der Waals surface area (Å²) in [5.74, 6) is -1.48. The number of carboxylic acid groups (broad SMARTS) is 1. The molecule has 1 aromatic carbocycles.